The second-order valence-electron chi connectivity index (χ2n) is 4.92. The van der Waals surface area contributed by atoms with Crippen molar-refractivity contribution >= 4 is 0 Å². The number of hydrogen-bond acceptors (Lipinski definition) is 4. The first-order valence-electron chi connectivity index (χ1n) is 6.65. The highest BCUT2D eigenvalue weighted by atomic mass is 15.6. The van der Waals surface area contributed by atoms with Gasteiger partial charge >= 0.3 is 0 Å². The smallest absolute Gasteiger partial charge is 0.165 e. The van der Waals surface area contributed by atoms with Gasteiger partial charge in [-0.05, 0) is 23.8 Å². The van der Waals surface area contributed by atoms with Crippen LogP contribution in [0.5, 0.6) is 0 Å². The van der Waals surface area contributed by atoms with Gasteiger partial charge < -0.3 is 5.32 Å². The molecule has 1 heterocycles. The Hall–Kier alpha value is -0.970. The zero-order chi connectivity index (χ0) is 12.7. The average Bonchev–Trinajstić information content (AvgIpc) is 2.74. The number of unbranched alkanes of at least 4 members (excludes halogenated alkanes) is 2. The van der Waals surface area contributed by atoms with E-state index in [1.54, 1.807) is 0 Å². The molecular formula is C12H25N5. The summed E-state index contributed by atoms with van der Waals surface area (Å²) in [5.41, 5.74) is 0. The maximum absolute atomic E-state index is 4.09. The van der Waals surface area contributed by atoms with Crippen LogP contribution in [0.15, 0.2) is 0 Å². The third-order valence-electron chi connectivity index (χ3n) is 2.87. The predicted molar refractivity (Wildman–Crippen MR) is 68.6 cm³/mol. The molecule has 5 heteroatoms. The molecule has 0 aliphatic heterocycles. The molecule has 0 bridgehead atoms. The molecule has 1 aromatic rings. The summed E-state index contributed by atoms with van der Waals surface area (Å²) in [7, 11) is 0. The number of rotatable bonds is 8. The number of aromatic nitrogens is 4. The molecule has 0 fully saturated rings. The van der Waals surface area contributed by atoms with Gasteiger partial charge in [-0.25, -0.2) is 4.68 Å². The number of hydrogen-bond donors (Lipinski definition) is 1. The topological polar surface area (TPSA) is 55.6 Å². The van der Waals surface area contributed by atoms with Crippen LogP contribution in [0.2, 0.25) is 0 Å². The van der Waals surface area contributed by atoms with E-state index in [9.17, 15) is 0 Å². The molecule has 0 radical (unpaired) electrons. The van der Waals surface area contributed by atoms with Crippen LogP contribution >= 0.6 is 0 Å². The van der Waals surface area contributed by atoms with Crippen molar-refractivity contribution in [1.82, 2.24) is 25.5 Å². The quantitative estimate of drug-likeness (QED) is 0.707. The molecule has 17 heavy (non-hydrogen) atoms. The molecule has 1 N–H and O–H groups in total. The Balaban J connectivity index is 2.48. The lowest BCUT2D eigenvalue weighted by Gasteiger charge is -2.14. The molecule has 1 aromatic heterocycles. The third-order valence-corrected chi connectivity index (χ3v) is 2.87. The van der Waals surface area contributed by atoms with E-state index >= 15 is 0 Å². The van der Waals surface area contributed by atoms with Gasteiger partial charge in [-0.15, -0.1) is 5.10 Å². The highest BCUT2D eigenvalue weighted by Crippen LogP contribution is 2.14. The summed E-state index contributed by atoms with van der Waals surface area (Å²) < 4.78 is 1.95. The first-order chi connectivity index (χ1) is 8.15. The lowest BCUT2D eigenvalue weighted by molar-refractivity contribution is 0.407. The summed E-state index contributed by atoms with van der Waals surface area (Å²) >= 11 is 0. The summed E-state index contributed by atoms with van der Waals surface area (Å²) in [6.45, 7) is 9.39. The van der Waals surface area contributed by atoms with Crippen molar-refractivity contribution in [2.24, 2.45) is 0 Å². The van der Waals surface area contributed by atoms with E-state index in [1.807, 2.05) is 4.68 Å². The molecule has 0 aromatic carbocycles. The standard InChI is InChI=1S/C12H25N5/c1-5-6-7-8-11(4)17-12(14-15-16-17)9-13-10(2)3/h10-11,13H,5-9H2,1-4H3. The summed E-state index contributed by atoms with van der Waals surface area (Å²) in [4.78, 5) is 0. The lowest BCUT2D eigenvalue weighted by atomic mass is 10.1. The summed E-state index contributed by atoms with van der Waals surface area (Å²) in [5.74, 6) is 0.933. The largest absolute Gasteiger partial charge is 0.308 e. The molecule has 0 saturated carbocycles. The van der Waals surface area contributed by atoms with Gasteiger partial charge in [0.2, 0.25) is 0 Å². The minimum atomic E-state index is 0.389. The van der Waals surface area contributed by atoms with Crippen molar-refractivity contribution in [2.75, 3.05) is 0 Å². The molecule has 0 amide bonds. The summed E-state index contributed by atoms with van der Waals surface area (Å²) in [5, 5.41) is 15.3. The highest BCUT2D eigenvalue weighted by molar-refractivity contribution is 4.83. The number of tetrazole rings is 1. The first kappa shape index (κ1) is 14.1. The number of nitrogens with zero attached hydrogens (tertiary/aromatic N) is 4. The van der Waals surface area contributed by atoms with Gasteiger partial charge in [0, 0.05) is 6.04 Å². The van der Waals surface area contributed by atoms with Crippen LogP contribution in [-0.4, -0.2) is 26.2 Å². The third kappa shape index (κ3) is 4.81. The molecule has 1 unspecified atom stereocenters. The number of nitrogens with one attached hydrogen (secondary N) is 1. The van der Waals surface area contributed by atoms with E-state index in [-0.39, 0.29) is 0 Å². The monoisotopic (exact) mass is 239 g/mol. The highest BCUT2D eigenvalue weighted by Gasteiger charge is 2.12. The molecule has 1 rings (SSSR count). The Morgan fingerprint density at radius 2 is 2.00 bits per heavy atom. The van der Waals surface area contributed by atoms with Gasteiger partial charge in [-0.2, -0.15) is 0 Å². The van der Waals surface area contributed by atoms with Crippen LogP contribution in [0, 0.1) is 0 Å². The Bertz CT molecular complexity index is 308. The second kappa shape index (κ2) is 7.37. The zero-order valence-electron chi connectivity index (χ0n) is 11.5. The molecule has 0 saturated heterocycles. The molecule has 5 nitrogen and oxygen atoms in total. The van der Waals surface area contributed by atoms with Crippen molar-refractivity contribution in [2.45, 2.75) is 72.0 Å². The fourth-order valence-electron chi connectivity index (χ4n) is 1.78. The van der Waals surface area contributed by atoms with Crippen molar-refractivity contribution in [1.29, 1.82) is 0 Å². The Labute approximate surface area is 104 Å². The van der Waals surface area contributed by atoms with Gasteiger partial charge in [0.15, 0.2) is 5.82 Å². The lowest BCUT2D eigenvalue weighted by Crippen LogP contribution is -2.25. The van der Waals surface area contributed by atoms with E-state index in [0.717, 1.165) is 18.8 Å². The van der Waals surface area contributed by atoms with E-state index in [2.05, 4.69) is 48.5 Å². The maximum Gasteiger partial charge on any atom is 0.165 e. The molecule has 0 aliphatic rings. The van der Waals surface area contributed by atoms with Crippen molar-refractivity contribution in [3.8, 4) is 0 Å². The Kier molecular flexibility index (Phi) is 6.11. The molecule has 1 atom stereocenters. The van der Waals surface area contributed by atoms with E-state index in [1.165, 1.54) is 19.3 Å². The fraction of sp³-hybridized carbons (Fsp3) is 0.917. The molecular weight excluding hydrogens is 214 g/mol. The summed E-state index contributed by atoms with van der Waals surface area (Å²) in [6, 6.07) is 0.844. The molecule has 0 spiro atoms. The van der Waals surface area contributed by atoms with Gasteiger partial charge in [0.1, 0.15) is 0 Å². The first-order valence-corrected chi connectivity index (χ1v) is 6.65. The van der Waals surface area contributed by atoms with Gasteiger partial charge in [-0.3, -0.25) is 0 Å². The van der Waals surface area contributed by atoms with Crippen LogP contribution in [0.25, 0.3) is 0 Å². The minimum absolute atomic E-state index is 0.389. The van der Waals surface area contributed by atoms with Gasteiger partial charge in [0.05, 0.1) is 12.6 Å². The Morgan fingerprint density at radius 3 is 2.65 bits per heavy atom. The fourth-order valence-corrected chi connectivity index (χ4v) is 1.78. The molecule has 0 aliphatic carbocycles. The van der Waals surface area contributed by atoms with Crippen molar-refractivity contribution < 1.29 is 0 Å². The van der Waals surface area contributed by atoms with Crippen LogP contribution in [0.4, 0.5) is 0 Å². The van der Waals surface area contributed by atoms with Gasteiger partial charge in [-0.1, -0.05) is 40.0 Å². The maximum atomic E-state index is 4.09. The van der Waals surface area contributed by atoms with Crippen LogP contribution in [0.1, 0.15) is 65.2 Å². The molecule has 98 valence electrons. The summed E-state index contributed by atoms with van der Waals surface area (Å²) in [6.07, 6.45) is 4.93. The van der Waals surface area contributed by atoms with Crippen molar-refractivity contribution in [3.05, 3.63) is 5.82 Å². The normalized spacial score (nSPS) is 13.2. The SMILES string of the molecule is CCCCCC(C)n1nnnc1CNC(C)C. The van der Waals surface area contributed by atoms with E-state index in [4.69, 9.17) is 0 Å². The van der Waals surface area contributed by atoms with E-state index in [0.29, 0.717) is 12.1 Å². The second-order valence-corrected chi connectivity index (χ2v) is 4.92. The van der Waals surface area contributed by atoms with Gasteiger partial charge in [0.25, 0.3) is 0 Å². The van der Waals surface area contributed by atoms with Crippen molar-refractivity contribution in [3.63, 3.8) is 0 Å². The van der Waals surface area contributed by atoms with Crippen LogP contribution in [-0.2, 0) is 6.54 Å². The Morgan fingerprint density at radius 1 is 1.24 bits per heavy atom. The zero-order valence-corrected chi connectivity index (χ0v) is 11.5. The van der Waals surface area contributed by atoms with Crippen LogP contribution < -0.4 is 5.32 Å². The minimum Gasteiger partial charge on any atom is -0.308 e. The van der Waals surface area contributed by atoms with Crippen LogP contribution in [0.3, 0.4) is 0 Å². The predicted octanol–water partition coefficient (Wildman–Crippen LogP) is 2.31. The van der Waals surface area contributed by atoms with E-state index < -0.39 is 0 Å². The average molecular weight is 239 g/mol.